The van der Waals surface area contributed by atoms with Gasteiger partial charge in [-0.15, -0.1) is 0 Å². The quantitative estimate of drug-likeness (QED) is 0.212. The number of anilines is 1. The van der Waals surface area contributed by atoms with E-state index in [-0.39, 0.29) is 11.5 Å². The molecule has 0 spiro atoms. The number of rotatable bonds is 17. The smallest absolute Gasteiger partial charge is 0.335 e. The van der Waals surface area contributed by atoms with Gasteiger partial charge in [0.1, 0.15) is 0 Å². The number of allylic oxidation sites excluding steroid dienone is 2. The van der Waals surface area contributed by atoms with Crippen molar-refractivity contribution >= 4 is 17.6 Å². The van der Waals surface area contributed by atoms with Gasteiger partial charge in [-0.1, -0.05) is 76.5 Å². The van der Waals surface area contributed by atoms with E-state index < -0.39 is 5.97 Å². The maximum absolute atomic E-state index is 12.0. The van der Waals surface area contributed by atoms with Crippen LogP contribution in [0, 0.1) is 0 Å². The van der Waals surface area contributed by atoms with Gasteiger partial charge in [-0.05, 0) is 50.3 Å². The van der Waals surface area contributed by atoms with Crippen molar-refractivity contribution in [1.29, 1.82) is 0 Å². The molecule has 1 rings (SSSR count). The van der Waals surface area contributed by atoms with E-state index in [0.29, 0.717) is 12.1 Å². The molecule has 1 aromatic rings. The van der Waals surface area contributed by atoms with E-state index in [9.17, 15) is 9.59 Å². The van der Waals surface area contributed by atoms with Crippen molar-refractivity contribution in [2.45, 2.75) is 96.8 Å². The van der Waals surface area contributed by atoms with Gasteiger partial charge < -0.3 is 10.4 Å². The van der Waals surface area contributed by atoms with Crippen LogP contribution in [-0.2, 0) is 4.79 Å². The lowest BCUT2D eigenvalue weighted by molar-refractivity contribution is -0.116. The van der Waals surface area contributed by atoms with E-state index in [2.05, 4.69) is 24.4 Å². The number of hydrogen-bond donors (Lipinski definition) is 2. The number of hydrogen-bond acceptors (Lipinski definition) is 2. The molecule has 0 aromatic heterocycles. The minimum absolute atomic E-state index is 0.0508. The fraction of sp³-hybridized carbons (Fsp3) is 0.600. The summed E-state index contributed by atoms with van der Waals surface area (Å²) < 4.78 is 0. The second kappa shape index (κ2) is 16.8. The molecule has 0 unspecified atom stereocenters. The number of benzene rings is 1. The molecule has 0 aliphatic rings. The summed E-state index contributed by atoms with van der Waals surface area (Å²) in [6, 6.07) is 6.35. The Morgan fingerprint density at radius 2 is 1.45 bits per heavy atom. The average Bonchev–Trinajstić information content (AvgIpc) is 2.71. The molecule has 0 radical (unpaired) electrons. The van der Waals surface area contributed by atoms with Crippen molar-refractivity contribution in [3.8, 4) is 0 Å². The molecule has 0 aliphatic carbocycles. The second-order valence-electron chi connectivity index (χ2n) is 7.77. The molecular weight excluding hydrogens is 362 g/mol. The van der Waals surface area contributed by atoms with Crippen molar-refractivity contribution in [2.24, 2.45) is 0 Å². The molecule has 162 valence electrons. The third kappa shape index (κ3) is 13.7. The summed E-state index contributed by atoms with van der Waals surface area (Å²) in [5.41, 5.74) is 0.728. The predicted molar refractivity (Wildman–Crippen MR) is 121 cm³/mol. The number of aromatic carboxylic acids is 1. The van der Waals surface area contributed by atoms with E-state index >= 15 is 0 Å². The third-order valence-electron chi connectivity index (χ3n) is 5.06. The highest BCUT2D eigenvalue weighted by Gasteiger charge is 2.06. The minimum Gasteiger partial charge on any atom is -0.478 e. The summed E-state index contributed by atoms with van der Waals surface area (Å²) in [4.78, 5) is 22.9. The lowest BCUT2D eigenvalue weighted by atomic mass is 10.1. The van der Waals surface area contributed by atoms with Gasteiger partial charge in [0.05, 0.1) is 5.56 Å². The number of carbonyl (C=O) groups is 2. The Bertz CT molecular complexity index is 610. The predicted octanol–water partition coefficient (Wildman–Crippen LogP) is 7.36. The third-order valence-corrected chi connectivity index (χ3v) is 5.06. The van der Waals surface area contributed by atoms with Gasteiger partial charge in [0.15, 0.2) is 0 Å². The zero-order valence-electron chi connectivity index (χ0n) is 18.1. The Balaban J connectivity index is 1.95. The van der Waals surface area contributed by atoms with Crippen LogP contribution in [-0.4, -0.2) is 17.0 Å². The molecule has 4 heteroatoms. The number of unbranched alkanes of at least 4 members (excludes halogenated alkanes) is 11. The summed E-state index contributed by atoms with van der Waals surface area (Å²) in [5.74, 6) is -1.04. The summed E-state index contributed by atoms with van der Waals surface area (Å²) in [6.07, 6.45) is 21.2. The van der Waals surface area contributed by atoms with Crippen LogP contribution in [0.1, 0.15) is 107 Å². The lowest BCUT2D eigenvalue weighted by Gasteiger charge is -2.06. The van der Waals surface area contributed by atoms with E-state index in [0.717, 1.165) is 25.7 Å². The van der Waals surface area contributed by atoms with Gasteiger partial charge in [-0.2, -0.15) is 0 Å². The normalized spacial score (nSPS) is 11.1. The van der Waals surface area contributed by atoms with Crippen molar-refractivity contribution in [3.05, 3.63) is 42.0 Å². The Morgan fingerprint density at radius 1 is 0.862 bits per heavy atom. The number of carboxylic acids is 1. The van der Waals surface area contributed by atoms with Gasteiger partial charge in [0.25, 0.3) is 0 Å². The molecule has 0 saturated carbocycles. The Kier molecular flexibility index (Phi) is 14.5. The van der Waals surface area contributed by atoms with Crippen LogP contribution in [0.4, 0.5) is 5.69 Å². The van der Waals surface area contributed by atoms with E-state index in [1.54, 1.807) is 12.1 Å². The fourth-order valence-corrected chi connectivity index (χ4v) is 3.31. The van der Waals surface area contributed by atoms with Crippen molar-refractivity contribution < 1.29 is 14.7 Å². The first-order valence-electron chi connectivity index (χ1n) is 11.4. The summed E-state index contributed by atoms with van der Waals surface area (Å²) >= 11 is 0. The molecule has 0 fully saturated rings. The molecule has 1 amide bonds. The standard InChI is InChI=1S/C25H39NO3/c1-2-3-4-5-6-7-8-9-10-11-12-13-14-15-16-20-24(27)26-23-19-17-18-22(21-23)25(28)29/h9-10,17-19,21H,2-8,11-16,20H2,1H3,(H,26,27)(H,28,29)/b10-9-. The highest BCUT2D eigenvalue weighted by molar-refractivity contribution is 5.93. The Labute approximate surface area is 176 Å². The van der Waals surface area contributed by atoms with Gasteiger partial charge in [-0.25, -0.2) is 4.79 Å². The minimum atomic E-state index is -0.988. The van der Waals surface area contributed by atoms with Crippen molar-refractivity contribution in [1.82, 2.24) is 0 Å². The van der Waals surface area contributed by atoms with Gasteiger partial charge in [0, 0.05) is 12.1 Å². The van der Waals surface area contributed by atoms with Crippen LogP contribution in [0.25, 0.3) is 0 Å². The van der Waals surface area contributed by atoms with Crippen LogP contribution < -0.4 is 5.32 Å². The van der Waals surface area contributed by atoms with Crippen LogP contribution >= 0.6 is 0 Å². The number of amides is 1. The van der Waals surface area contributed by atoms with Gasteiger partial charge >= 0.3 is 5.97 Å². The van der Waals surface area contributed by atoms with Crippen LogP contribution in [0.5, 0.6) is 0 Å². The van der Waals surface area contributed by atoms with Crippen LogP contribution in [0.3, 0.4) is 0 Å². The number of carboxylic acid groups (broad SMARTS) is 1. The average molecular weight is 402 g/mol. The molecule has 1 aromatic carbocycles. The fourth-order valence-electron chi connectivity index (χ4n) is 3.31. The summed E-state index contributed by atoms with van der Waals surface area (Å²) in [5, 5.41) is 11.8. The van der Waals surface area contributed by atoms with E-state index in [4.69, 9.17) is 5.11 Å². The highest BCUT2D eigenvalue weighted by Crippen LogP contribution is 2.13. The lowest BCUT2D eigenvalue weighted by Crippen LogP contribution is -2.11. The van der Waals surface area contributed by atoms with Crippen molar-refractivity contribution in [2.75, 3.05) is 5.32 Å². The molecule has 2 N–H and O–H groups in total. The molecule has 0 heterocycles. The SMILES string of the molecule is CCCCCCCC/C=C\CCCCCCCC(=O)Nc1cccc(C(=O)O)c1. The van der Waals surface area contributed by atoms with Crippen LogP contribution in [0.15, 0.2) is 36.4 Å². The number of nitrogens with one attached hydrogen (secondary N) is 1. The maximum Gasteiger partial charge on any atom is 0.335 e. The molecule has 4 nitrogen and oxygen atoms in total. The Hall–Kier alpha value is -2.10. The van der Waals surface area contributed by atoms with Crippen molar-refractivity contribution in [3.63, 3.8) is 0 Å². The molecule has 0 bridgehead atoms. The molecular formula is C25H39NO3. The zero-order valence-corrected chi connectivity index (χ0v) is 18.1. The van der Waals surface area contributed by atoms with Gasteiger partial charge in [-0.3, -0.25) is 4.79 Å². The largest absolute Gasteiger partial charge is 0.478 e. The second-order valence-corrected chi connectivity index (χ2v) is 7.77. The topological polar surface area (TPSA) is 66.4 Å². The van der Waals surface area contributed by atoms with E-state index in [1.165, 1.54) is 69.9 Å². The zero-order chi connectivity index (χ0) is 21.2. The highest BCUT2D eigenvalue weighted by atomic mass is 16.4. The molecule has 29 heavy (non-hydrogen) atoms. The molecule has 0 atom stereocenters. The Morgan fingerprint density at radius 3 is 2.07 bits per heavy atom. The number of carbonyl (C=O) groups excluding carboxylic acids is 1. The van der Waals surface area contributed by atoms with E-state index in [1.807, 2.05) is 0 Å². The first kappa shape index (κ1) is 24.9. The maximum atomic E-state index is 12.0. The first-order chi connectivity index (χ1) is 14.1. The monoisotopic (exact) mass is 401 g/mol. The summed E-state index contributed by atoms with van der Waals surface area (Å²) in [7, 11) is 0. The first-order valence-corrected chi connectivity index (χ1v) is 11.4. The molecule has 0 saturated heterocycles. The summed E-state index contributed by atoms with van der Waals surface area (Å²) in [6.45, 7) is 2.26. The molecule has 0 aliphatic heterocycles. The van der Waals surface area contributed by atoms with Crippen LogP contribution in [0.2, 0.25) is 0 Å². The van der Waals surface area contributed by atoms with Gasteiger partial charge in [0.2, 0.25) is 5.91 Å².